The number of hydrogen-bond acceptors (Lipinski definition) is 2. The predicted molar refractivity (Wildman–Crippen MR) is 67.2 cm³/mol. The van der Waals surface area contributed by atoms with E-state index in [0.717, 1.165) is 18.5 Å². The molecule has 1 N–H and O–H groups in total. The molecule has 0 bridgehead atoms. The third-order valence-corrected chi connectivity index (χ3v) is 3.72. The van der Waals surface area contributed by atoms with E-state index >= 15 is 0 Å². The summed E-state index contributed by atoms with van der Waals surface area (Å²) in [6.45, 7) is 12.9. The molecule has 0 amide bonds. The van der Waals surface area contributed by atoms with E-state index in [9.17, 15) is 0 Å². The molecule has 90 valence electrons. The van der Waals surface area contributed by atoms with Crippen LogP contribution in [0.5, 0.6) is 0 Å². The number of nitrogens with one attached hydrogen (secondary N) is 1. The van der Waals surface area contributed by atoms with Gasteiger partial charge in [-0.3, -0.25) is 4.90 Å². The number of hydrogen-bond donors (Lipinski definition) is 1. The average Bonchev–Trinajstić information content (AvgIpc) is 2.21. The fraction of sp³-hybridized carbons (Fsp3) is 1.00. The Morgan fingerprint density at radius 2 is 2.07 bits per heavy atom. The molecule has 0 aromatic rings. The predicted octanol–water partition coefficient (Wildman–Crippen LogP) is 2.49. The molecular weight excluding hydrogens is 184 g/mol. The van der Waals surface area contributed by atoms with Crippen molar-refractivity contribution in [2.24, 2.45) is 5.92 Å². The molecule has 0 aromatic carbocycles. The van der Waals surface area contributed by atoms with Crippen LogP contribution in [0.3, 0.4) is 0 Å². The Hall–Kier alpha value is -0.0800. The average molecular weight is 212 g/mol. The van der Waals surface area contributed by atoms with Gasteiger partial charge in [0.15, 0.2) is 0 Å². The Morgan fingerprint density at radius 3 is 2.60 bits per heavy atom. The SMILES string of the molecule is CCNC(CC)CN1CCC(C)CC1C. The van der Waals surface area contributed by atoms with Crippen LogP contribution in [0.25, 0.3) is 0 Å². The first-order valence-electron chi connectivity index (χ1n) is 6.64. The van der Waals surface area contributed by atoms with Crippen LogP contribution in [0.15, 0.2) is 0 Å². The van der Waals surface area contributed by atoms with E-state index in [1.165, 1.54) is 32.4 Å². The maximum absolute atomic E-state index is 3.57. The first-order valence-corrected chi connectivity index (χ1v) is 6.64. The van der Waals surface area contributed by atoms with E-state index in [2.05, 4.69) is 37.9 Å². The summed E-state index contributed by atoms with van der Waals surface area (Å²) in [4.78, 5) is 2.66. The zero-order chi connectivity index (χ0) is 11.3. The summed E-state index contributed by atoms with van der Waals surface area (Å²) >= 11 is 0. The molecule has 15 heavy (non-hydrogen) atoms. The molecule has 1 saturated heterocycles. The molecule has 1 heterocycles. The first-order chi connectivity index (χ1) is 7.17. The smallest absolute Gasteiger partial charge is 0.0192 e. The number of likely N-dealkylation sites (tertiary alicyclic amines) is 1. The molecule has 0 radical (unpaired) electrons. The monoisotopic (exact) mass is 212 g/mol. The maximum atomic E-state index is 3.57. The second kappa shape index (κ2) is 6.49. The van der Waals surface area contributed by atoms with E-state index in [-0.39, 0.29) is 0 Å². The van der Waals surface area contributed by atoms with Gasteiger partial charge in [0.2, 0.25) is 0 Å². The van der Waals surface area contributed by atoms with E-state index in [1.54, 1.807) is 0 Å². The molecular formula is C13H28N2. The second-order valence-electron chi connectivity index (χ2n) is 5.14. The van der Waals surface area contributed by atoms with Crippen LogP contribution in [0, 0.1) is 5.92 Å². The van der Waals surface area contributed by atoms with Crippen LogP contribution < -0.4 is 5.32 Å². The van der Waals surface area contributed by atoms with Crippen LogP contribution in [0.1, 0.15) is 47.0 Å². The largest absolute Gasteiger partial charge is 0.313 e. The Kier molecular flexibility index (Phi) is 5.62. The summed E-state index contributed by atoms with van der Waals surface area (Å²) in [7, 11) is 0. The third kappa shape index (κ3) is 4.12. The van der Waals surface area contributed by atoms with Gasteiger partial charge in [-0.25, -0.2) is 0 Å². The van der Waals surface area contributed by atoms with Gasteiger partial charge in [0, 0.05) is 18.6 Å². The van der Waals surface area contributed by atoms with E-state index in [1.807, 2.05) is 0 Å². The van der Waals surface area contributed by atoms with Crippen molar-refractivity contribution in [3.63, 3.8) is 0 Å². The standard InChI is InChI=1S/C13H28N2/c1-5-13(14-6-2)10-15-8-7-11(3)9-12(15)4/h11-14H,5-10H2,1-4H3. The molecule has 0 saturated carbocycles. The quantitative estimate of drug-likeness (QED) is 0.753. The molecule has 0 aliphatic carbocycles. The molecule has 3 unspecified atom stereocenters. The van der Waals surface area contributed by atoms with E-state index < -0.39 is 0 Å². The summed E-state index contributed by atoms with van der Waals surface area (Å²) in [5.74, 6) is 0.926. The molecule has 0 aromatic heterocycles. The Labute approximate surface area is 95.4 Å². The Bertz CT molecular complexity index is 170. The molecule has 1 rings (SSSR count). The molecule has 1 aliphatic heterocycles. The molecule has 2 nitrogen and oxygen atoms in total. The van der Waals surface area contributed by atoms with Gasteiger partial charge >= 0.3 is 0 Å². The van der Waals surface area contributed by atoms with Gasteiger partial charge in [0.05, 0.1) is 0 Å². The zero-order valence-corrected chi connectivity index (χ0v) is 10.9. The minimum atomic E-state index is 0.686. The summed E-state index contributed by atoms with van der Waals surface area (Å²) in [6.07, 6.45) is 4.00. The van der Waals surface area contributed by atoms with Crippen molar-refractivity contribution < 1.29 is 0 Å². The highest BCUT2D eigenvalue weighted by molar-refractivity contribution is 4.80. The van der Waals surface area contributed by atoms with Crippen molar-refractivity contribution >= 4 is 0 Å². The second-order valence-corrected chi connectivity index (χ2v) is 5.14. The summed E-state index contributed by atoms with van der Waals surface area (Å²) < 4.78 is 0. The first kappa shape index (κ1) is 13.0. The van der Waals surface area contributed by atoms with Gasteiger partial charge < -0.3 is 5.32 Å². The van der Waals surface area contributed by atoms with Crippen LogP contribution >= 0.6 is 0 Å². The highest BCUT2D eigenvalue weighted by Gasteiger charge is 2.24. The molecule has 1 fully saturated rings. The van der Waals surface area contributed by atoms with Crippen LogP contribution in [0.4, 0.5) is 0 Å². The lowest BCUT2D eigenvalue weighted by molar-refractivity contribution is 0.116. The van der Waals surface area contributed by atoms with Crippen molar-refractivity contribution in [1.82, 2.24) is 10.2 Å². The minimum Gasteiger partial charge on any atom is -0.313 e. The van der Waals surface area contributed by atoms with Crippen molar-refractivity contribution in [2.75, 3.05) is 19.6 Å². The molecule has 1 aliphatic rings. The fourth-order valence-corrected chi connectivity index (χ4v) is 2.64. The van der Waals surface area contributed by atoms with Gasteiger partial charge in [-0.15, -0.1) is 0 Å². The van der Waals surface area contributed by atoms with Crippen molar-refractivity contribution in [2.45, 2.75) is 59.0 Å². The summed E-state index contributed by atoms with van der Waals surface area (Å²) in [6, 6.07) is 1.47. The van der Waals surface area contributed by atoms with Crippen molar-refractivity contribution in [1.29, 1.82) is 0 Å². The van der Waals surface area contributed by atoms with Crippen LogP contribution in [-0.2, 0) is 0 Å². The van der Waals surface area contributed by atoms with Gasteiger partial charge in [0.1, 0.15) is 0 Å². The van der Waals surface area contributed by atoms with Gasteiger partial charge in [-0.2, -0.15) is 0 Å². The number of piperidine rings is 1. The third-order valence-electron chi connectivity index (χ3n) is 3.72. The zero-order valence-electron chi connectivity index (χ0n) is 10.9. The highest BCUT2D eigenvalue weighted by Crippen LogP contribution is 2.22. The van der Waals surface area contributed by atoms with Gasteiger partial charge in [0.25, 0.3) is 0 Å². The topological polar surface area (TPSA) is 15.3 Å². The van der Waals surface area contributed by atoms with Crippen LogP contribution in [0.2, 0.25) is 0 Å². The Morgan fingerprint density at radius 1 is 1.33 bits per heavy atom. The Balaban J connectivity index is 2.35. The van der Waals surface area contributed by atoms with Crippen molar-refractivity contribution in [3.05, 3.63) is 0 Å². The van der Waals surface area contributed by atoms with E-state index in [0.29, 0.717) is 6.04 Å². The molecule has 2 heteroatoms. The summed E-state index contributed by atoms with van der Waals surface area (Å²) in [5.41, 5.74) is 0. The highest BCUT2D eigenvalue weighted by atomic mass is 15.2. The number of likely N-dealkylation sites (N-methyl/N-ethyl adjacent to an activating group) is 1. The molecule has 3 atom stereocenters. The normalized spacial score (nSPS) is 30.4. The fourth-order valence-electron chi connectivity index (χ4n) is 2.64. The van der Waals surface area contributed by atoms with Gasteiger partial charge in [-0.1, -0.05) is 20.8 Å². The van der Waals surface area contributed by atoms with Crippen molar-refractivity contribution in [3.8, 4) is 0 Å². The lowest BCUT2D eigenvalue weighted by atomic mass is 9.93. The lowest BCUT2D eigenvalue weighted by Gasteiger charge is -2.38. The maximum Gasteiger partial charge on any atom is 0.0192 e. The van der Waals surface area contributed by atoms with E-state index in [4.69, 9.17) is 0 Å². The number of nitrogens with zero attached hydrogens (tertiary/aromatic N) is 1. The lowest BCUT2D eigenvalue weighted by Crippen LogP contribution is -2.47. The van der Waals surface area contributed by atoms with Gasteiger partial charge in [-0.05, 0) is 45.2 Å². The summed E-state index contributed by atoms with van der Waals surface area (Å²) in [5, 5.41) is 3.57. The molecule has 0 spiro atoms. The van der Waals surface area contributed by atoms with Crippen LogP contribution in [-0.4, -0.2) is 36.6 Å². The minimum absolute atomic E-state index is 0.686. The number of rotatable bonds is 5.